The standard InChI is InChI=1S/C23H26N2O3S/c1-28-19-8-4-2-6-17(19)23(12-13-23)16-24-21(26)10-11-22(27)25-14-15-29-20-9-5-3-7-18(20)25/h2-9H,10-16H2,1H3,(H,24,26). The van der Waals surface area contributed by atoms with Crippen molar-refractivity contribution in [2.45, 2.75) is 36.0 Å². The van der Waals surface area contributed by atoms with Gasteiger partial charge in [-0.3, -0.25) is 9.59 Å². The summed E-state index contributed by atoms with van der Waals surface area (Å²) in [7, 11) is 1.68. The van der Waals surface area contributed by atoms with Crippen LogP contribution in [0, 0.1) is 0 Å². The first-order chi connectivity index (χ1) is 14.1. The fraction of sp³-hybridized carbons (Fsp3) is 0.391. The number of hydrogen-bond donors (Lipinski definition) is 1. The number of para-hydroxylation sites is 2. The number of methoxy groups -OCH3 is 1. The Morgan fingerprint density at radius 1 is 1.10 bits per heavy atom. The number of anilines is 1. The Morgan fingerprint density at radius 3 is 2.66 bits per heavy atom. The molecule has 0 aromatic heterocycles. The third kappa shape index (κ3) is 4.27. The average molecular weight is 411 g/mol. The van der Waals surface area contributed by atoms with Crippen molar-refractivity contribution >= 4 is 29.3 Å². The summed E-state index contributed by atoms with van der Waals surface area (Å²) in [6.07, 6.45) is 2.52. The van der Waals surface area contributed by atoms with Crippen LogP contribution in [0.5, 0.6) is 5.75 Å². The van der Waals surface area contributed by atoms with Gasteiger partial charge in [0.2, 0.25) is 11.8 Å². The Hall–Kier alpha value is -2.47. The minimum absolute atomic E-state index is 0.0127. The minimum atomic E-state index is -0.0702. The molecule has 0 atom stereocenters. The van der Waals surface area contributed by atoms with Crippen LogP contribution in [-0.2, 0) is 15.0 Å². The maximum atomic E-state index is 12.7. The molecular formula is C23H26N2O3S. The van der Waals surface area contributed by atoms with Crippen LogP contribution in [0.1, 0.15) is 31.2 Å². The number of carbonyl (C=O) groups excluding carboxylic acids is 2. The quantitative estimate of drug-likeness (QED) is 0.755. The summed E-state index contributed by atoms with van der Waals surface area (Å²) in [6, 6.07) is 16.0. The van der Waals surface area contributed by atoms with E-state index in [-0.39, 0.29) is 30.1 Å². The minimum Gasteiger partial charge on any atom is -0.496 e. The molecule has 1 aliphatic carbocycles. The second-order valence-electron chi connectivity index (χ2n) is 7.62. The average Bonchev–Trinajstić information content (AvgIpc) is 3.56. The maximum Gasteiger partial charge on any atom is 0.227 e. The lowest BCUT2D eigenvalue weighted by molar-refractivity contribution is -0.125. The predicted octanol–water partition coefficient (Wildman–Crippen LogP) is 3.76. The van der Waals surface area contributed by atoms with Crippen LogP contribution in [0.2, 0.25) is 0 Å². The van der Waals surface area contributed by atoms with E-state index >= 15 is 0 Å². The summed E-state index contributed by atoms with van der Waals surface area (Å²) in [5.41, 5.74) is 2.08. The molecule has 4 rings (SSSR count). The molecular weight excluding hydrogens is 384 g/mol. The van der Waals surface area contributed by atoms with Crippen LogP contribution >= 0.6 is 11.8 Å². The van der Waals surface area contributed by atoms with E-state index in [1.807, 2.05) is 47.4 Å². The fourth-order valence-electron chi connectivity index (χ4n) is 3.92. The second-order valence-corrected chi connectivity index (χ2v) is 8.76. The van der Waals surface area contributed by atoms with E-state index in [1.165, 1.54) is 0 Å². The number of ether oxygens (including phenoxy) is 1. The van der Waals surface area contributed by atoms with Gasteiger partial charge in [-0.05, 0) is 31.0 Å². The Kier molecular flexibility index (Phi) is 5.81. The summed E-state index contributed by atoms with van der Waals surface area (Å²) in [4.78, 5) is 28.1. The van der Waals surface area contributed by atoms with Gasteiger partial charge in [0, 0.05) is 47.6 Å². The van der Waals surface area contributed by atoms with Gasteiger partial charge in [0.15, 0.2) is 0 Å². The van der Waals surface area contributed by atoms with Gasteiger partial charge < -0.3 is 15.0 Å². The topological polar surface area (TPSA) is 58.6 Å². The first-order valence-electron chi connectivity index (χ1n) is 10.1. The van der Waals surface area contributed by atoms with Gasteiger partial charge in [0.1, 0.15) is 5.75 Å². The molecule has 2 aliphatic rings. The van der Waals surface area contributed by atoms with Gasteiger partial charge in [-0.2, -0.15) is 0 Å². The molecule has 2 aromatic rings. The van der Waals surface area contributed by atoms with Crippen LogP contribution < -0.4 is 15.0 Å². The van der Waals surface area contributed by atoms with Crippen molar-refractivity contribution in [3.05, 3.63) is 54.1 Å². The SMILES string of the molecule is COc1ccccc1C1(CNC(=O)CCC(=O)N2CCSc3ccccc32)CC1. The predicted molar refractivity (Wildman–Crippen MR) is 116 cm³/mol. The summed E-state index contributed by atoms with van der Waals surface area (Å²) in [5.74, 6) is 1.70. The number of fused-ring (bicyclic) bond motifs is 1. The highest BCUT2D eigenvalue weighted by Crippen LogP contribution is 2.50. The Morgan fingerprint density at radius 2 is 1.86 bits per heavy atom. The molecule has 1 N–H and O–H groups in total. The summed E-state index contributed by atoms with van der Waals surface area (Å²) >= 11 is 1.77. The van der Waals surface area contributed by atoms with Crippen molar-refractivity contribution in [2.24, 2.45) is 0 Å². The number of nitrogens with one attached hydrogen (secondary N) is 1. The molecule has 0 radical (unpaired) electrons. The summed E-state index contributed by atoms with van der Waals surface area (Å²) in [5, 5.41) is 3.04. The molecule has 0 saturated heterocycles. The molecule has 1 fully saturated rings. The largest absolute Gasteiger partial charge is 0.496 e. The van der Waals surface area contributed by atoms with Crippen LogP contribution in [-0.4, -0.2) is 37.8 Å². The molecule has 1 aliphatic heterocycles. The van der Waals surface area contributed by atoms with Gasteiger partial charge in [-0.25, -0.2) is 0 Å². The number of nitrogens with zero attached hydrogens (tertiary/aromatic N) is 1. The van der Waals surface area contributed by atoms with E-state index in [1.54, 1.807) is 18.9 Å². The lowest BCUT2D eigenvalue weighted by atomic mass is 9.95. The van der Waals surface area contributed by atoms with E-state index in [0.717, 1.165) is 40.5 Å². The van der Waals surface area contributed by atoms with Crippen molar-refractivity contribution in [1.29, 1.82) is 0 Å². The smallest absolute Gasteiger partial charge is 0.227 e. The molecule has 2 aromatic carbocycles. The number of benzene rings is 2. The van der Waals surface area contributed by atoms with Crippen molar-refractivity contribution in [2.75, 3.05) is 30.9 Å². The Labute approximate surface area is 175 Å². The second kappa shape index (κ2) is 8.49. The fourth-order valence-corrected chi connectivity index (χ4v) is 4.91. The van der Waals surface area contributed by atoms with Crippen LogP contribution in [0.3, 0.4) is 0 Å². The normalized spacial score (nSPS) is 16.7. The summed E-state index contributed by atoms with van der Waals surface area (Å²) < 4.78 is 5.49. The van der Waals surface area contributed by atoms with Crippen LogP contribution in [0.4, 0.5) is 5.69 Å². The van der Waals surface area contributed by atoms with Gasteiger partial charge in [-0.15, -0.1) is 11.8 Å². The zero-order valence-electron chi connectivity index (χ0n) is 16.6. The number of hydrogen-bond acceptors (Lipinski definition) is 4. The number of carbonyl (C=O) groups is 2. The zero-order valence-corrected chi connectivity index (χ0v) is 17.5. The van der Waals surface area contributed by atoms with Crippen molar-refractivity contribution in [3.8, 4) is 5.75 Å². The molecule has 1 saturated carbocycles. The highest BCUT2D eigenvalue weighted by Gasteiger charge is 2.46. The lowest BCUT2D eigenvalue weighted by Crippen LogP contribution is -2.37. The summed E-state index contributed by atoms with van der Waals surface area (Å²) in [6.45, 7) is 1.28. The van der Waals surface area contributed by atoms with Crippen molar-refractivity contribution in [3.63, 3.8) is 0 Å². The first kappa shape index (κ1) is 19.8. The molecule has 152 valence electrons. The molecule has 0 unspecified atom stereocenters. The molecule has 6 heteroatoms. The van der Waals surface area contributed by atoms with Gasteiger partial charge >= 0.3 is 0 Å². The molecule has 0 bridgehead atoms. The van der Waals surface area contributed by atoms with Crippen LogP contribution in [0.15, 0.2) is 53.4 Å². The van der Waals surface area contributed by atoms with E-state index in [4.69, 9.17) is 4.74 Å². The monoisotopic (exact) mass is 410 g/mol. The molecule has 1 heterocycles. The van der Waals surface area contributed by atoms with Crippen molar-refractivity contribution < 1.29 is 14.3 Å². The zero-order chi connectivity index (χ0) is 20.3. The highest BCUT2D eigenvalue weighted by molar-refractivity contribution is 7.99. The van der Waals surface area contributed by atoms with E-state index < -0.39 is 0 Å². The Balaban J connectivity index is 1.30. The lowest BCUT2D eigenvalue weighted by Gasteiger charge is -2.29. The van der Waals surface area contributed by atoms with Gasteiger partial charge in [-0.1, -0.05) is 30.3 Å². The maximum absolute atomic E-state index is 12.7. The highest BCUT2D eigenvalue weighted by atomic mass is 32.2. The van der Waals surface area contributed by atoms with E-state index in [9.17, 15) is 9.59 Å². The van der Waals surface area contributed by atoms with Crippen molar-refractivity contribution in [1.82, 2.24) is 5.32 Å². The third-order valence-electron chi connectivity index (χ3n) is 5.75. The molecule has 2 amide bonds. The van der Waals surface area contributed by atoms with Crippen LogP contribution in [0.25, 0.3) is 0 Å². The van der Waals surface area contributed by atoms with Gasteiger partial charge in [0.25, 0.3) is 0 Å². The van der Waals surface area contributed by atoms with E-state index in [0.29, 0.717) is 13.1 Å². The number of rotatable bonds is 7. The molecule has 29 heavy (non-hydrogen) atoms. The molecule has 5 nitrogen and oxygen atoms in total. The molecule has 0 spiro atoms. The van der Waals surface area contributed by atoms with E-state index in [2.05, 4.69) is 11.4 Å². The van der Waals surface area contributed by atoms with Gasteiger partial charge in [0.05, 0.1) is 12.8 Å². The Bertz CT molecular complexity index is 911. The number of thioether (sulfide) groups is 1. The first-order valence-corrected chi connectivity index (χ1v) is 11.0. The third-order valence-corrected chi connectivity index (χ3v) is 6.79. The number of amides is 2.